The molecule has 2 atom stereocenters. The first-order valence-corrected chi connectivity index (χ1v) is 6.52. The average Bonchev–Trinajstić information content (AvgIpc) is 2.79. The molecule has 2 aliphatic rings. The van der Waals surface area contributed by atoms with E-state index in [2.05, 4.69) is 42.6 Å². The van der Waals surface area contributed by atoms with Gasteiger partial charge < -0.3 is 4.90 Å². The second-order valence-electron chi connectivity index (χ2n) is 3.69. The van der Waals surface area contributed by atoms with Gasteiger partial charge in [0, 0.05) is 29.8 Å². The van der Waals surface area contributed by atoms with Gasteiger partial charge in [0.15, 0.2) is 0 Å². The molecule has 2 saturated heterocycles. The highest BCUT2D eigenvalue weighted by Gasteiger charge is 2.39. The van der Waals surface area contributed by atoms with Gasteiger partial charge in [0.1, 0.15) is 12.1 Å². The predicted octanol–water partition coefficient (Wildman–Crippen LogP) is 1.93. The Morgan fingerprint density at radius 3 is 3.14 bits per heavy atom. The number of anilines is 1. The molecule has 14 heavy (non-hydrogen) atoms. The van der Waals surface area contributed by atoms with Crippen molar-refractivity contribution in [3.63, 3.8) is 0 Å². The molecule has 3 rings (SSSR count). The van der Waals surface area contributed by atoms with E-state index in [-0.39, 0.29) is 0 Å². The summed E-state index contributed by atoms with van der Waals surface area (Å²) in [6, 6.07) is 0.691. The van der Waals surface area contributed by atoms with Crippen LogP contribution in [-0.2, 0) is 0 Å². The zero-order valence-electron chi connectivity index (χ0n) is 7.56. The van der Waals surface area contributed by atoms with Gasteiger partial charge in [-0.3, -0.25) is 0 Å². The van der Waals surface area contributed by atoms with Crippen LogP contribution in [0.1, 0.15) is 6.42 Å². The van der Waals surface area contributed by atoms with Crippen molar-refractivity contribution < 1.29 is 0 Å². The first-order valence-electron chi connectivity index (χ1n) is 4.68. The molecule has 2 aliphatic heterocycles. The second-order valence-corrected chi connectivity index (χ2v) is 5.88. The number of rotatable bonds is 1. The molecule has 0 aromatic carbocycles. The lowest BCUT2D eigenvalue weighted by molar-refractivity contribution is 0.748. The molecule has 2 unspecified atom stereocenters. The minimum absolute atomic E-state index is 0.691. The van der Waals surface area contributed by atoms with E-state index in [1.807, 2.05) is 6.20 Å². The van der Waals surface area contributed by atoms with Crippen molar-refractivity contribution >= 4 is 33.5 Å². The van der Waals surface area contributed by atoms with Gasteiger partial charge in [-0.15, -0.1) is 0 Å². The minimum atomic E-state index is 0.691. The molecule has 0 aliphatic carbocycles. The molecular formula is C9H10BrN3S. The lowest BCUT2D eigenvalue weighted by Gasteiger charge is -2.28. The monoisotopic (exact) mass is 271 g/mol. The van der Waals surface area contributed by atoms with Crippen molar-refractivity contribution in [2.75, 3.05) is 17.2 Å². The maximum absolute atomic E-state index is 4.34. The lowest BCUT2D eigenvalue weighted by Crippen LogP contribution is -2.34. The molecule has 0 radical (unpaired) electrons. The number of nitrogens with zero attached hydrogens (tertiary/aromatic N) is 3. The van der Waals surface area contributed by atoms with E-state index < -0.39 is 0 Å². The Morgan fingerprint density at radius 1 is 1.57 bits per heavy atom. The van der Waals surface area contributed by atoms with Gasteiger partial charge in [-0.05, 0) is 22.4 Å². The Kier molecular flexibility index (Phi) is 2.17. The van der Waals surface area contributed by atoms with E-state index in [1.54, 1.807) is 6.33 Å². The molecule has 1 aromatic rings. The van der Waals surface area contributed by atoms with Crippen molar-refractivity contribution in [1.29, 1.82) is 0 Å². The summed E-state index contributed by atoms with van der Waals surface area (Å²) in [5.41, 5.74) is 0. The molecule has 2 bridgehead atoms. The standard InChI is InChI=1S/C9H10BrN3S/c10-8-2-11-5-12-9(8)13-3-7-1-6(13)4-14-7/h2,5-7H,1,3-4H2. The zero-order chi connectivity index (χ0) is 9.54. The van der Waals surface area contributed by atoms with Gasteiger partial charge in [-0.1, -0.05) is 0 Å². The Morgan fingerprint density at radius 2 is 2.50 bits per heavy atom. The highest BCUT2D eigenvalue weighted by Crippen LogP contribution is 2.40. The van der Waals surface area contributed by atoms with E-state index in [9.17, 15) is 0 Å². The first-order chi connectivity index (χ1) is 6.84. The molecule has 74 valence electrons. The number of halogens is 1. The summed E-state index contributed by atoms with van der Waals surface area (Å²) >= 11 is 5.60. The van der Waals surface area contributed by atoms with E-state index >= 15 is 0 Å². The maximum atomic E-state index is 4.34. The van der Waals surface area contributed by atoms with Crippen molar-refractivity contribution in [3.05, 3.63) is 17.0 Å². The fraction of sp³-hybridized carbons (Fsp3) is 0.556. The molecule has 0 saturated carbocycles. The summed E-state index contributed by atoms with van der Waals surface area (Å²) in [4.78, 5) is 10.7. The summed E-state index contributed by atoms with van der Waals surface area (Å²) in [7, 11) is 0. The van der Waals surface area contributed by atoms with Crippen LogP contribution in [-0.4, -0.2) is 33.6 Å². The van der Waals surface area contributed by atoms with Crippen molar-refractivity contribution in [3.8, 4) is 0 Å². The number of fused-ring (bicyclic) bond motifs is 2. The van der Waals surface area contributed by atoms with Gasteiger partial charge in [-0.2, -0.15) is 11.8 Å². The first kappa shape index (κ1) is 8.97. The fourth-order valence-electron chi connectivity index (χ4n) is 2.18. The predicted molar refractivity (Wildman–Crippen MR) is 61.7 cm³/mol. The smallest absolute Gasteiger partial charge is 0.146 e. The molecule has 1 aromatic heterocycles. The van der Waals surface area contributed by atoms with Gasteiger partial charge >= 0.3 is 0 Å². The Balaban J connectivity index is 1.93. The van der Waals surface area contributed by atoms with Gasteiger partial charge in [0.25, 0.3) is 0 Å². The van der Waals surface area contributed by atoms with Gasteiger partial charge in [0.05, 0.1) is 4.47 Å². The Labute approximate surface area is 95.4 Å². The van der Waals surface area contributed by atoms with Crippen molar-refractivity contribution in [1.82, 2.24) is 9.97 Å². The molecule has 0 spiro atoms. The quantitative estimate of drug-likeness (QED) is 0.781. The van der Waals surface area contributed by atoms with Crippen LogP contribution in [0, 0.1) is 0 Å². The third-order valence-electron chi connectivity index (χ3n) is 2.82. The highest BCUT2D eigenvalue weighted by molar-refractivity contribution is 9.10. The summed E-state index contributed by atoms with van der Waals surface area (Å²) in [5, 5.41) is 0.821. The third-order valence-corrected chi connectivity index (χ3v) is 4.77. The largest absolute Gasteiger partial charge is 0.351 e. The van der Waals surface area contributed by atoms with Crippen LogP contribution in [0.5, 0.6) is 0 Å². The Hall–Kier alpha value is -0.290. The summed E-state index contributed by atoms with van der Waals surface area (Å²) < 4.78 is 1.01. The van der Waals surface area contributed by atoms with E-state index in [4.69, 9.17) is 0 Å². The molecular weight excluding hydrogens is 262 g/mol. The van der Waals surface area contributed by atoms with Crippen LogP contribution >= 0.6 is 27.7 Å². The van der Waals surface area contributed by atoms with E-state index in [1.165, 1.54) is 12.2 Å². The normalized spacial score (nSPS) is 29.9. The average molecular weight is 272 g/mol. The maximum Gasteiger partial charge on any atom is 0.146 e. The van der Waals surface area contributed by atoms with Gasteiger partial charge in [0.2, 0.25) is 0 Å². The zero-order valence-corrected chi connectivity index (χ0v) is 9.96. The van der Waals surface area contributed by atoms with Crippen LogP contribution < -0.4 is 4.90 Å². The van der Waals surface area contributed by atoms with Gasteiger partial charge in [-0.25, -0.2) is 9.97 Å². The SMILES string of the molecule is Brc1cncnc1N1CC2CC1CS2. The Bertz CT molecular complexity index is 360. The molecule has 3 nitrogen and oxygen atoms in total. The molecule has 3 heterocycles. The van der Waals surface area contributed by atoms with E-state index in [0.717, 1.165) is 22.1 Å². The summed E-state index contributed by atoms with van der Waals surface area (Å²) in [6.07, 6.45) is 4.77. The van der Waals surface area contributed by atoms with Crippen LogP contribution in [0.4, 0.5) is 5.82 Å². The molecule has 2 fully saturated rings. The van der Waals surface area contributed by atoms with Crippen molar-refractivity contribution in [2.24, 2.45) is 0 Å². The molecule has 5 heteroatoms. The topological polar surface area (TPSA) is 29.0 Å². The highest BCUT2D eigenvalue weighted by atomic mass is 79.9. The minimum Gasteiger partial charge on any atom is -0.351 e. The number of hydrogen-bond acceptors (Lipinski definition) is 4. The third kappa shape index (κ3) is 1.34. The lowest BCUT2D eigenvalue weighted by atomic mass is 10.2. The molecule has 0 amide bonds. The number of thioether (sulfide) groups is 1. The van der Waals surface area contributed by atoms with Crippen LogP contribution in [0.3, 0.4) is 0 Å². The fourth-order valence-corrected chi connectivity index (χ4v) is 4.06. The van der Waals surface area contributed by atoms with Crippen LogP contribution in [0.25, 0.3) is 0 Å². The summed E-state index contributed by atoms with van der Waals surface area (Å²) in [5.74, 6) is 2.31. The van der Waals surface area contributed by atoms with Crippen molar-refractivity contribution in [2.45, 2.75) is 17.7 Å². The number of aromatic nitrogens is 2. The molecule has 0 N–H and O–H groups in total. The summed E-state index contributed by atoms with van der Waals surface area (Å²) in [6.45, 7) is 1.14. The van der Waals surface area contributed by atoms with E-state index in [0.29, 0.717) is 6.04 Å². The number of hydrogen-bond donors (Lipinski definition) is 0. The van der Waals surface area contributed by atoms with Crippen LogP contribution in [0.2, 0.25) is 0 Å². The van der Waals surface area contributed by atoms with Crippen LogP contribution in [0.15, 0.2) is 17.0 Å². The second kappa shape index (κ2) is 3.38.